The largest absolute Gasteiger partial charge is 0.331 e. The van der Waals surface area contributed by atoms with Gasteiger partial charge in [-0.25, -0.2) is 0 Å². The van der Waals surface area contributed by atoms with Crippen LogP contribution in [0.1, 0.15) is 45.4 Å². The second-order valence-electron chi connectivity index (χ2n) is 3.15. The predicted molar refractivity (Wildman–Crippen MR) is 41.2 cm³/mol. The topological polar surface area (TPSA) is 0 Å². The summed E-state index contributed by atoms with van der Waals surface area (Å²) in [5, 5.41) is 0. The maximum absolute atomic E-state index is 2.32. The number of hydrogen-bond acceptors (Lipinski definition) is 0. The molecule has 1 aliphatic carbocycles. The van der Waals surface area contributed by atoms with E-state index < -0.39 is 0 Å². The molecule has 0 amide bonds. The quantitative estimate of drug-likeness (QED) is 0.382. The van der Waals surface area contributed by atoms with Crippen molar-refractivity contribution in [3.63, 3.8) is 0 Å². The fraction of sp³-hybridized carbons (Fsp3) is 0.889. The van der Waals surface area contributed by atoms with Gasteiger partial charge in [0.15, 0.2) is 0 Å². The van der Waals surface area contributed by atoms with Gasteiger partial charge in [0, 0.05) is 229 Å². The van der Waals surface area contributed by atoms with Crippen molar-refractivity contribution in [2.45, 2.75) is 45.4 Å². The molecule has 0 aromatic heterocycles. The van der Waals surface area contributed by atoms with Gasteiger partial charge in [-0.3, -0.25) is 0 Å². The molecule has 0 saturated heterocycles. The van der Waals surface area contributed by atoms with E-state index >= 15 is 0 Å². The SMILES string of the molecule is C[CH-]CC1CCCCC1.[Y].[Y].[Y].[Y].[Y].[Y].[Y]. The molecule has 1 rings (SSSR count). The minimum Gasteiger partial charge on any atom is -0.331 e. The molecule has 0 nitrogen and oxygen atoms in total. The molecular formula is C9H17Y7-. The molecule has 0 unspecified atom stereocenters. The molecule has 0 aromatic rings. The first kappa shape index (κ1) is 43.8. The van der Waals surface area contributed by atoms with Crippen LogP contribution in [0.25, 0.3) is 0 Å². The zero-order chi connectivity index (χ0) is 6.53. The summed E-state index contributed by atoms with van der Waals surface area (Å²) in [6.45, 7) is 2.18. The van der Waals surface area contributed by atoms with Crippen LogP contribution in [-0.4, -0.2) is 0 Å². The first-order valence-electron chi connectivity index (χ1n) is 4.21. The molecule has 1 aliphatic rings. The summed E-state index contributed by atoms with van der Waals surface area (Å²) in [4.78, 5) is 0. The monoisotopic (exact) mass is 747 g/mol. The Hall–Kier alpha value is 7.73. The number of rotatable bonds is 2. The van der Waals surface area contributed by atoms with Crippen molar-refractivity contribution in [2.75, 3.05) is 0 Å². The molecule has 0 heterocycles. The van der Waals surface area contributed by atoms with E-state index in [-0.39, 0.29) is 229 Å². The van der Waals surface area contributed by atoms with E-state index in [2.05, 4.69) is 13.3 Å². The van der Waals surface area contributed by atoms with Crippen molar-refractivity contribution in [1.29, 1.82) is 0 Å². The second-order valence-corrected chi connectivity index (χ2v) is 3.15. The Kier molecular flexibility index (Phi) is 93.5. The third-order valence-electron chi connectivity index (χ3n) is 2.29. The van der Waals surface area contributed by atoms with Crippen molar-refractivity contribution >= 4 is 0 Å². The Morgan fingerprint density at radius 3 is 1.44 bits per heavy atom. The summed E-state index contributed by atoms with van der Waals surface area (Å²) in [6, 6.07) is 0. The van der Waals surface area contributed by atoms with Gasteiger partial charge >= 0.3 is 0 Å². The van der Waals surface area contributed by atoms with Crippen LogP contribution < -0.4 is 0 Å². The summed E-state index contributed by atoms with van der Waals surface area (Å²) >= 11 is 0. The molecule has 0 bridgehead atoms. The van der Waals surface area contributed by atoms with Crippen LogP contribution in [0.2, 0.25) is 0 Å². The van der Waals surface area contributed by atoms with Crippen LogP contribution in [0.15, 0.2) is 0 Å². The van der Waals surface area contributed by atoms with Crippen LogP contribution in [0.4, 0.5) is 0 Å². The molecule has 75 valence electrons. The van der Waals surface area contributed by atoms with Crippen molar-refractivity contribution < 1.29 is 229 Å². The van der Waals surface area contributed by atoms with E-state index in [9.17, 15) is 0 Å². The zero-order valence-corrected chi connectivity index (χ0v) is 30.3. The molecule has 16 heavy (non-hydrogen) atoms. The van der Waals surface area contributed by atoms with Crippen LogP contribution in [0, 0.1) is 12.3 Å². The molecule has 1 fully saturated rings. The molecule has 0 aromatic carbocycles. The van der Waals surface area contributed by atoms with Crippen molar-refractivity contribution in [1.82, 2.24) is 0 Å². The van der Waals surface area contributed by atoms with Gasteiger partial charge in [-0.2, -0.15) is 13.3 Å². The maximum Gasteiger partial charge on any atom is 0 e. The summed E-state index contributed by atoms with van der Waals surface area (Å²) in [5.74, 6) is 1.05. The van der Waals surface area contributed by atoms with E-state index in [1.165, 1.54) is 38.5 Å². The van der Waals surface area contributed by atoms with Crippen LogP contribution in [0.3, 0.4) is 0 Å². The number of hydrogen-bond donors (Lipinski definition) is 0. The van der Waals surface area contributed by atoms with Gasteiger partial charge in [-0.15, -0.1) is 0 Å². The van der Waals surface area contributed by atoms with Gasteiger partial charge in [0.2, 0.25) is 0 Å². The van der Waals surface area contributed by atoms with E-state index in [1.807, 2.05) is 0 Å². The molecule has 0 N–H and O–H groups in total. The summed E-state index contributed by atoms with van der Waals surface area (Å²) in [7, 11) is 0. The first-order valence-corrected chi connectivity index (χ1v) is 4.21. The van der Waals surface area contributed by atoms with Gasteiger partial charge < -0.3 is 6.42 Å². The van der Waals surface area contributed by atoms with Gasteiger partial charge in [0.25, 0.3) is 0 Å². The van der Waals surface area contributed by atoms with Crippen LogP contribution >= 0.6 is 0 Å². The fourth-order valence-corrected chi connectivity index (χ4v) is 1.76. The zero-order valence-electron chi connectivity index (χ0n) is 10.4. The smallest absolute Gasteiger partial charge is 0 e. The molecule has 0 spiro atoms. The Balaban J connectivity index is -0.0000000231. The summed E-state index contributed by atoms with van der Waals surface area (Å²) in [6.07, 6.45) is 11.1. The van der Waals surface area contributed by atoms with Crippen molar-refractivity contribution in [3.05, 3.63) is 6.42 Å². The van der Waals surface area contributed by atoms with Gasteiger partial charge in [0.05, 0.1) is 0 Å². The minimum absolute atomic E-state index is 0. The van der Waals surface area contributed by atoms with Gasteiger partial charge in [0.1, 0.15) is 0 Å². The van der Waals surface area contributed by atoms with E-state index in [0.29, 0.717) is 0 Å². The standard InChI is InChI=1S/C9H17.7Y/c1-2-6-9-7-4-3-5-8-9;;;;;;;/h2,9H,3-8H2,1H3;;;;;;;/q-1;;;;;;;. The van der Waals surface area contributed by atoms with Crippen molar-refractivity contribution in [2.24, 2.45) is 5.92 Å². The normalized spacial score (nSPS) is 12.6. The summed E-state index contributed by atoms with van der Waals surface area (Å²) < 4.78 is 0. The summed E-state index contributed by atoms with van der Waals surface area (Å²) in [5.41, 5.74) is 0. The Bertz CT molecular complexity index is 73.5. The molecule has 0 atom stereocenters. The molecule has 0 aliphatic heterocycles. The molecular weight excluding hydrogens is 730 g/mol. The maximum atomic E-state index is 2.32. The fourth-order valence-electron chi connectivity index (χ4n) is 1.76. The van der Waals surface area contributed by atoms with Gasteiger partial charge in [-0.05, 0) is 0 Å². The minimum atomic E-state index is 0. The van der Waals surface area contributed by atoms with Crippen LogP contribution in [0.5, 0.6) is 0 Å². The van der Waals surface area contributed by atoms with E-state index in [0.717, 1.165) is 5.92 Å². The Morgan fingerprint density at radius 2 is 1.12 bits per heavy atom. The third-order valence-corrected chi connectivity index (χ3v) is 2.29. The molecule has 7 radical (unpaired) electrons. The molecule has 1 saturated carbocycles. The van der Waals surface area contributed by atoms with Crippen LogP contribution in [-0.2, 0) is 229 Å². The Labute approximate surface area is 278 Å². The Morgan fingerprint density at radius 1 is 0.750 bits per heavy atom. The average Bonchev–Trinajstić information content (AvgIpc) is 1.91. The average molecular weight is 748 g/mol. The third kappa shape index (κ3) is 26.6. The van der Waals surface area contributed by atoms with Gasteiger partial charge in [-0.1, -0.05) is 38.0 Å². The molecule has 7 heteroatoms. The second kappa shape index (κ2) is 34.1. The van der Waals surface area contributed by atoms with E-state index in [4.69, 9.17) is 0 Å². The van der Waals surface area contributed by atoms with Crippen molar-refractivity contribution in [3.8, 4) is 0 Å². The first-order chi connectivity index (χ1) is 4.43. The predicted octanol–water partition coefficient (Wildman–Crippen LogP) is 3.16. The van der Waals surface area contributed by atoms with E-state index in [1.54, 1.807) is 0 Å².